The summed E-state index contributed by atoms with van der Waals surface area (Å²) in [4.78, 5) is 15.0. The van der Waals surface area contributed by atoms with Gasteiger partial charge >= 0.3 is 5.97 Å². The van der Waals surface area contributed by atoms with Gasteiger partial charge in [0.2, 0.25) is 0 Å². The van der Waals surface area contributed by atoms with Crippen LogP contribution in [0.25, 0.3) is 10.8 Å². The van der Waals surface area contributed by atoms with Crippen molar-refractivity contribution in [2.24, 2.45) is 10.7 Å². The molecule has 1 atom stereocenters. The number of alkyl halides is 2. The average Bonchev–Trinajstić information content (AvgIpc) is 2.53. The van der Waals surface area contributed by atoms with Crippen LogP contribution in [0, 0.1) is 0 Å². The van der Waals surface area contributed by atoms with E-state index in [-0.39, 0.29) is 19.4 Å². The molecular formula is C17H18F2N2O2. The highest BCUT2D eigenvalue weighted by Crippen LogP contribution is 2.19. The zero-order chi connectivity index (χ0) is 16.9. The Bertz CT molecular complexity index is 719. The van der Waals surface area contributed by atoms with Crippen LogP contribution in [0.15, 0.2) is 47.5 Å². The van der Waals surface area contributed by atoms with E-state index in [1.165, 1.54) is 0 Å². The lowest BCUT2D eigenvalue weighted by Crippen LogP contribution is -2.54. The van der Waals surface area contributed by atoms with Gasteiger partial charge in [0.25, 0.3) is 6.43 Å². The Morgan fingerprint density at radius 2 is 1.96 bits per heavy atom. The van der Waals surface area contributed by atoms with Gasteiger partial charge < -0.3 is 10.8 Å². The van der Waals surface area contributed by atoms with Crippen molar-refractivity contribution in [3.63, 3.8) is 0 Å². The molecule has 0 amide bonds. The number of hydrogen-bond donors (Lipinski definition) is 2. The fourth-order valence-corrected chi connectivity index (χ4v) is 2.23. The minimum absolute atomic E-state index is 0.178. The second kappa shape index (κ2) is 7.28. The van der Waals surface area contributed by atoms with Crippen LogP contribution in [0.4, 0.5) is 8.78 Å². The number of carboxylic acid groups (broad SMARTS) is 1. The minimum atomic E-state index is -3.11. The Morgan fingerprint density at radius 1 is 1.26 bits per heavy atom. The predicted molar refractivity (Wildman–Crippen MR) is 86.2 cm³/mol. The number of carbonyl (C=O) groups is 1. The van der Waals surface area contributed by atoms with Crippen LogP contribution in [-0.2, 0) is 4.79 Å². The van der Waals surface area contributed by atoms with E-state index in [0.717, 1.165) is 16.3 Å². The lowest BCUT2D eigenvalue weighted by Gasteiger charge is -2.22. The molecule has 0 saturated carbocycles. The molecule has 2 aromatic carbocycles. The quantitative estimate of drug-likeness (QED) is 0.608. The second-order valence-corrected chi connectivity index (χ2v) is 5.39. The molecule has 2 aromatic rings. The average molecular weight is 320 g/mol. The summed E-state index contributed by atoms with van der Waals surface area (Å²) >= 11 is 0. The van der Waals surface area contributed by atoms with Crippen molar-refractivity contribution in [3.8, 4) is 0 Å². The van der Waals surface area contributed by atoms with Crippen molar-refractivity contribution in [2.45, 2.75) is 24.8 Å². The first-order chi connectivity index (χ1) is 10.9. The molecule has 0 saturated heterocycles. The number of carboxylic acids is 1. The molecule has 3 N–H and O–H groups in total. The van der Waals surface area contributed by atoms with Gasteiger partial charge in [-0.3, -0.25) is 4.99 Å². The van der Waals surface area contributed by atoms with Crippen molar-refractivity contribution >= 4 is 23.0 Å². The molecule has 0 radical (unpaired) electrons. The molecule has 0 spiro atoms. The third-order valence-corrected chi connectivity index (χ3v) is 3.68. The van der Waals surface area contributed by atoms with E-state index in [0.29, 0.717) is 0 Å². The normalized spacial score (nSPS) is 14.4. The van der Waals surface area contributed by atoms with Crippen LogP contribution in [0.5, 0.6) is 0 Å². The van der Waals surface area contributed by atoms with Crippen LogP contribution >= 0.6 is 0 Å². The van der Waals surface area contributed by atoms with E-state index in [4.69, 9.17) is 10.8 Å². The monoisotopic (exact) mass is 320 g/mol. The van der Waals surface area contributed by atoms with Gasteiger partial charge in [-0.05, 0) is 35.2 Å². The molecule has 122 valence electrons. The van der Waals surface area contributed by atoms with Gasteiger partial charge in [0, 0.05) is 12.8 Å². The highest BCUT2D eigenvalue weighted by molar-refractivity contribution is 5.90. The second-order valence-electron chi connectivity index (χ2n) is 5.39. The molecule has 4 nitrogen and oxygen atoms in total. The maximum Gasteiger partial charge on any atom is 0.329 e. The number of aliphatic carboxylic acids is 1. The summed E-state index contributed by atoms with van der Waals surface area (Å²) in [6.07, 6.45) is -1.61. The molecular weight excluding hydrogens is 302 g/mol. The fourth-order valence-electron chi connectivity index (χ4n) is 2.23. The number of nitrogens with zero attached hydrogens (tertiary/aromatic N) is 1. The standard InChI is InChI=1S/C17H18F2N2O2/c18-15(19)17(20,16(22)23)8-3-9-21-11-12-6-7-13-4-1-2-5-14(13)10-12/h1-2,4-7,10-11,15H,3,8-9,20H2,(H,22,23). The Labute approximate surface area is 132 Å². The highest BCUT2D eigenvalue weighted by Gasteiger charge is 2.43. The lowest BCUT2D eigenvalue weighted by atomic mass is 9.95. The number of halogens is 2. The predicted octanol–water partition coefficient (Wildman–Crippen LogP) is 3.09. The van der Waals surface area contributed by atoms with Gasteiger partial charge in [-0.15, -0.1) is 0 Å². The first kappa shape index (κ1) is 17.0. The van der Waals surface area contributed by atoms with Crippen molar-refractivity contribution in [1.82, 2.24) is 0 Å². The van der Waals surface area contributed by atoms with Crippen LogP contribution in [-0.4, -0.2) is 35.8 Å². The van der Waals surface area contributed by atoms with Crippen LogP contribution in [0.2, 0.25) is 0 Å². The molecule has 0 aliphatic heterocycles. The van der Waals surface area contributed by atoms with Gasteiger partial charge in [-0.2, -0.15) is 0 Å². The molecule has 0 aliphatic carbocycles. The fraction of sp³-hybridized carbons (Fsp3) is 0.294. The van der Waals surface area contributed by atoms with E-state index >= 15 is 0 Å². The molecule has 2 rings (SSSR count). The summed E-state index contributed by atoms with van der Waals surface area (Å²) in [7, 11) is 0. The number of rotatable bonds is 7. The summed E-state index contributed by atoms with van der Waals surface area (Å²) in [5, 5.41) is 11.0. The smallest absolute Gasteiger partial charge is 0.329 e. The van der Waals surface area contributed by atoms with Gasteiger partial charge in [0.15, 0.2) is 5.54 Å². The molecule has 0 aromatic heterocycles. The first-order valence-corrected chi connectivity index (χ1v) is 7.22. The third kappa shape index (κ3) is 4.10. The maximum atomic E-state index is 12.7. The SMILES string of the molecule is NC(CCCN=Cc1ccc2ccccc2c1)(C(=O)O)C(F)F. The minimum Gasteiger partial charge on any atom is -0.480 e. The van der Waals surface area contributed by atoms with Gasteiger partial charge in [0.05, 0.1) is 0 Å². The van der Waals surface area contributed by atoms with Crippen molar-refractivity contribution in [2.75, 3.05) is 6.54 Å². The topological polar surface area (TPSA) is 75.7 Å². The molecule has 0 bridgehead atoms. The van der Waals surface area contributed by atoms with Gasteiger partial charge in [-0.25, -0.2) is 13.6 Å². The van der Waals surface area contributed by atoms with Gasteiger partial charge in [-0.1, -0.05) is 36.4 Å². The van der Waals surface area contributed by atoms with Crippen LogP contribution in [0.1, 0.15) is 18.4 Å². The molecule has 0 heterocycles. The van der Waals surface area contributed by atoms with Crippen molar-refractivity contribution < 1.29 is 18.7 Å². The van der Waals surface area contributed by atoms with E-state index in [2.05, 4.69) is 4.99 Å². The number of hydrogen-bond acceptors (Lipinski definition) is 3. The number of fused-ring (bicyclic) bond motifs is 1. The Hall–Kier alpha value is -2.34. The molecule has 0 aliphatic rings. The highest BCUT2D eigenvalue weighted by atomic mass is 19.3. The lowest BCUT2D eigenvalue weighted by molar-refractivity contribution is -0.150. The first-order valence-electron chi connectivity index (χ1n) is 7.22. The molecule has 6 heteroatoms. The zero-order valence-electron chi connectivity index (χ0n) is 12.5. The Morgan fingerprint density at radius 3 is 2.61 bits per heavy atom. The maximum absolute atomic E-state index is 12.7. The van der Waals surface area contributed by atoms with Crippen LogP contribution < -0.4 is 5.73 Å². The zero-order valence-corrected chi connectivity index (χ0v) is 12.5. The van der Waals surface area contributed by atoms with E-state index in [1.807, 2.05) is 42.5 Å². The summed E-state index contributed by atoms with van der Waals surface area (Å²) < 4.78 is 25.4. The van der Waals surface area contributed by atoms with Gasteiger partial charge in [0.1, 0.15) is 0 Å². The van der Waals surface area contributed by atoms with Crippen molar-refractivity contribution in [3.05, 3.63) is 48.0 Å². The third-order valence-electron chi connectivity index (χ3n) is 3.68. The number of aliphatic imine (C=N–C) groups is 1. The van der Waals surface area contributed by atoms with Crippen LogP contribution in [0.3, 0.4) is 0 Å². The number of benzene rings is 2. The van der Waals surface area contributed by atoms with Crippen molar-refractivity contribution in [1.29, 1.82) is 0 Å². The molecule has 1 unspecified atom stereocenters. The molecule has 23 heavy (non-hydrogen) atoms. The van der Waals surface area contributed by atoms with E-state index in [9.17, 15) is 13.6 Å². The summed E-state index contributed by atoms with van der Waals surface area (Å²) in [6, 6.07) is 13.8. The number of nitrogens with two attached hydrogens (primary N) is 1. The Balaban J connectivity index is 1.92. The summed E-state index contributed by atoms with van der Waals surface area (Å²) in [6.45, 7) is 0.242. The molecule has 0 fully saturated rings. The largest absolute Gasteiger partial charge is 0.480 e. The van der Waals surface area contributed by atoms with E-state index in [1.54, 1.807) is 6.21 Å². The summed E-state index contributed by atoms with van der Waals surface area (Å²) in [5.41, 5.74) is 3.63. The van der Waals surface area contributed by atoms with E-state index < -0.39 is 17.9 Å². The summed E-state index contributed by atoms with van der Waals surface area (Å²) in [5.74, 6) is -1.69. The Kier molecular flexibility index (Phi) is 5.39.